The van der Waals surface area contributed by atoms with Gasteiger partial charge in [-0.3, -0.25) is 0 Å². The second-order valence-electron chi connectivity index (χ2n) is 6.03. The second-order valence-corrected chi connectivity index (χ2v) is 7.06. The van der Waals surface area contributed by atoms with Crippen LogP contribution in [0.15, 0.2) is 23.7 Å². The molecule has 0 aromatic carbocycles. The molecule has 0 saturated heterocycles. The monoisotopic (exact) mass is 332 g/mol. The number of rotatable bonds is 6. The lowest BCUT2D eigenvalue weighted by molar-refractivity contribution is 0.209. The van der Waals surface area contributed by atoms with Crippen LogP contribution in [-0.2, 0) is 25.8 Å². The molecule has 6 heteroatoms. The third kappa shape index (κ3) is 4.34. The van der Waals surface area contributed by atoms with Crippen molar-refractivity contribution in [2.24, 2.45) is 0 Å². The number of aryl methyl sites for hydroxylation is 2. The van der Waals surface area contributed by atoms with Gasteiger partial charge >= 0.3 is 6.03 Å². The van der Waals surface area contributed by atoms with Gasteiger partial charge in [-0.15, -0.1) is 11.3 Å². The molecule has 2 aromatic heterocycles. The average molecular weight is 332 g/mol. The Labute approximate surface area is 141 Å². The van der Waals surface area contributed by atoms with E-state index in [9.17, 15) is 4.79 Å². The summed E-state index contributed by atoms with van der Waals surface area (Å²) < 4.78 is 2.26. The van der Waals surface area contributed by atoms with Crippen molar-refractivity contribution in [3.63, 3.8) is 0 Å². The molecule has 0 atom stereocenters. The number of hydrogen-bond donors (Lipinski definition) is 1. The van der Waals surface area contributed by atoms with Gasteiger partial charge in [0.05, 0.1) is 5.69 Å². The highest BCUT2D eigenvalue weighted by molar-refractivity contribution is 7.09. The number of imidazole rings is 1. The van der Waals surface area contributed by atoms with E-state index in [4.69, 9.17) is 0 Å². The van der Waals surface area contributed by atoms with Crippen LogP contribution in [0.5, 0.6) is 0 Å². The quantitative estimate of drug-likeness (QED) is 0.884. The van der Waals surface area contributed by atoms with Gasteiger partial charge in [-0.1, -0.05) is 6.07 Å². The van der Waals surface area contributed by atoms with Crippen LogP contribution in [0.4, 0.5) is 4.79 Å². The molecule has 2 aromatic rings. The van der Waals surface area contributed by atoms with Gasteiger partial charge in [0, 0.05) is 50.6 Å². The Bertz CT molecular complexity index is 612. The molecule has 124 valence electrons. The second kappa shape index (κ2) is 7.64. The predicted molar refractivity (Wildman–Crippen MR) is 92.9 cm³/mol. The summed E-state index contributed by atoms with van der Waals surface area (Å²) in [6.07, 6.45) is 7.41. The Morgan fingerprint density at radius 2 is 2.35 bits per heavy atom. The van der Waals surface area contributed by atoms with Crippen LogP contribution in [0.3, 0.4) is 0 Å². The van der Waals surface area contributed by atoms with Crippen LogP contribution in [0.2, 0.25) is 0 Å². The first-order valence-electron chi connectivity index (χ1n) is 8.28. The molecular weight excluding hydrogens is 308 g/mol. The maximum atomic E-state index is 12.1. The highest BCUT2D eigenvalue weighted by Crippen LogP contribution is 2.14. The first kappa shape index (κ1) is 16.1. The minimum Gasteiger partial charge on any atom is -0.338 e. The number of hydrogen-bond acceptors (Lipinski definition) is 3. The van der Waals surface area contributed by atoms with Crippen LogP contribution in [-0.4, -0.2) is 40.6 Å². The third-order valence-electron chi connectivity index (χ3n) is 4.24. The number of thiophene rings is 1. The van der Waals surface area contributed by atoms with E-state index in [1.807, 2.05) is 13.1 Å². The van der Waals surface area contributed by atoms with E-state index < -0.39 is 0 Å². The molecule has 0 unspecified atom stereocenters. The number of urea groups is 1. The van der Waals surface area contributed by atoms with Crippen molar-refractivity contribution in [3.05, 3.63) is 40.1 Å². The Kier molecular flexibility index (Phi) is 5.33. The average Bonchev–Trinajstić information content (AvgIpc) is 3.21. The zero-order valence-corrected chi connectivity index (χ0v) is 14.4. The maximum Gasteiger partial charge on any atom is 0.317 e. The van der Waals surface area contributed by atoms with Gasteiger partial charge in [-0.05, 0) is 30.7 Å². The van der Waals surface area contributed by atoms with Gasteiger partial charge < -0.3 is 14.8 Å². The third-order valence-corrected chi connectivity index (χ3v) is 5.17. The minimum absolute atomic E-state index is 0.00877. The largest absolute Gasteiger partial charge is 0.338 e. The van der Waals surface area contributed by atoms with Crippen LogP contribution in [0.25, 0.3) is 0 Å². The van der Waals surface area contributed by atoms with Crippen molar-refractivity contribution >= 4 is 17.4 Å². The summed E-state index contributed by atoms with van der Waals surface area (Å²) in [6.45, 7) is 2.46. The number of aromatic nitrogens is 2. The van der Waals surface area contributed by atoms with E-state index in [1.165, 1.54) is 23.5 Å². The predicted octanol–water partition coefficient (Wildman–Crippen LogP) is 2.71. The minimum atomic E-state index is -0.00877. The lowest BCUT2D eigenvalue weighted by atomic mass is 10.2. The normalized spacial score (nSPS) is 13.6. The number of fused-ring (bicyclic) bond motifs is 1. The molecule has 0 aliphatic carbocycles. The first-order valence-corrected chi connectivity index (χ1v) is 9.16. The van der Waals surface area contributed by atoms with E-state index in [2.05, 4.69) is 32.5 Å². The zero-order valence-electron chi connectivity index (χ0n) is 13.6. The SMILES string of the molecule is CN(CCc1cccs1)C(=O)NCCc1cn2c(n1)CCCC2. The topological polar surface area (TPSA) is 50.2 Å². The number of nitrogens with one attached hydrogen (secondary N) is 1. The molecule has 1 N–H and O–H groups in total. The van der Waals surface area contributed by atoms with Crippen molar-refractivity contribution in [1.82, 2.24) is 19.8 Å². The number of carbonyl (C=O) groups excluding carboxylic acids is 1. The summed E-state index contributed by atoms with van der Waals surface area (Å²) in [4.78, 5) is 19.8. The van der Waals surface area contributed by atoms with E-state index in [0.717, 1.165) is 38.0 Å². The van der Waals surface area contributed by atoms with Gasteiger partial charge in [-0.25, -0.2) is 9.78 Å². The van der Waals surface area contributed by atoms with Crippen LogP contribution >= 0.6 is 11.3 Å². The summed E-state index contributed by atoms with van der Waals surface area (Å²) in [5, 5.41) is 5.05. The fourth-order valence-electron chi connectivity index (χ4n) is 2.86. The smallest absolute Gasteiger partial charge is 0.317 e. The van der Waals surface area contributed by atoms with Crippen LogP contribution < -0.4 is 5.32 Å². The van der Waals surface area contributed by atoms with E-state index in [0.29, 0.717) is 6.54 Å². The summed E-state index contributed by atoms with van der Waals surface area (Å²) in [5.74, 6) is 1.20. The van der Waals surface area contributed by atoms with E-state index >= 15 is 0 Å². The molecule has 0 fully saturated rings. The van der Waals surface area contributed by atoms with Crippen molar-refractivity contribution in [3.8, 4) is 0 Å². The number of amides is 2. The van der Waals surface area contributed by atoms with Gasteiger partial charge in [0.15, 0.2) is 0 Å². The number of nitrogens with zero attached hydrogens (tertiary/aromatic N) is 3. The fourth-order valence-corrected chi connectivity index (χ4v) is 3.56. The fraction of sp³-hybridized carbons (Fsp3) is 0.529. The van der Waals surface area contributed by atoms with E-state index in [-0.39, 0.29) is 6.03 Å². The maximum absolute atomic E-state index is 12.1. The molecule has 2 amide bonds. The Morgan fingerprint density at radius 1 is 1.43 bits per heavy atom. The highest BCUT2D eigenvalue weighted by atomic mass is 32.1. The molecule has 0 bridgehead atoms. The molecule has 0 saturated carbocycles. The number of likely N-dealkylation sites (N-methyl/N-ethyl adjacent to an activating group) is 1. The molecule has 0 spiro atoms. The van der Waals surface area contributed by atoms with Crippen molar-refractivity contribution < 1.29 is 4.79 Å². The highest BCUT2D eigenvalue weighted by Gasteiger charge is 2.13. The molecule has 1 aliphatic rings. The molecule has 1 aliphatic heterocycles. The molecule has 23 heavy (non-hydrogen) atoms. The molecular formula is C17H24N4OS. The Morgan fingerprint density at radius 3 is 3.13 bits per heavy atom. The number of carbonyl (C=O) groups is 1. The Balaban J connectivity index is 1.39. The first-order chi connectivity index (χ1) is 11.2. The summed E-state index contributed by atoms with van der Waals surface area (Å²) in [6, 6.07) is 4.15. The van der Waals surface area contributed by atoms with Crippen LogP contribution in [0, 0.1) is 0 Å². The van der Waals surface area contributed by atoms with Gasteiger partial charge in [0.25, 0.3) is 0 Å². The van der Waals surface area contributed by atoms with Gasteiger partial charge in [0.1, 0.15) is 5.82 Å². The standard InChI is InChI=1S/C17H24N4OS/c1-20(11-8-15-5-4-12-23-15)17(22)18-9-7-14-13-21-10-3-2-6-16(21)19-14/h4-5,12-13H,2-3,6-11H2,1H3,(H,18,22). The van der Waals surface area contributed by atoms with Crippen molar-refractivity contribution in [2.45, 2.75) is 38.6 Å². The van der Waals surface area contributed by atoms with Gasteiger partial charge in [0.2, 0.25) is 0 Å². The molecule has 0 radical (unpaired) electrons. The summed E-state index contributed by atoms with van der Waals surface area (Å²) in [5.41, 5.74) is 1.09. The zero-order chi connectivity index (χ0) is 16.1. The lowest BCUT2D eigenvalue weighted by Crippen LogP contribution is -2.39. The molecule has 3 rings (SSSR count). The molecule has 5 nitrogen and oxygen atoms in total. The Hall–Kier alpha value is -1.82. The van der Waals surface area contributed by atoms with Crippen LogP contribution in [0.1, 0.15) is 29.2 Å². The van der Waals surface area contributed by atoms with Crippen molar-refractivity contribution in [1.29, 1.82) is 0 Å². The summed E-state index contributed by atoms with van der Waals surface area (Å²) >= 11 is 1.74. The van der Waals surface area contributed by atoms with E-state index in [1.54, 1.807) is 16.2 Å². The summed E-state index contributed by atoms with van der Waals surface area (Å²) in [7, 11) is 1.85. The van der Waals surface area contributed by atoms with Gasteiger partial charge in [-0.2, -0.15) is 0 Å². The van der Waals surface area contributed by atoms with Crippen molar-refractivity contribution in [2.75, 3.05) is 20.1 Å². The molecule has 3 heterocycles. The lowest BCUT2D eigenvalue weighted by Gasteiger charge is -2.17.